The maximum atomic E-state index is 12.2. The van der Waals surface area contributed by atoms with Gasteiger partial charge >= 0.3 is 5.97 Å². The van der Waals surface area contributed by atoms with Gasteiger partial charge in [0.05, 0.1) is 11.7 Å². The van der Waals surface area contributed by atoms with Crippen LogP contribution in [0.15, 0.2) is 72.8 Å². The summed E-state index contributed by atoms with van der Waals surface area (Å²) in [5, 5.41) is 10.2. The van der Waals surface area contributed by atoms with E-state index < -0.39 is 6.10 Å². The van der Waals surface area contributed by atoms with E-state index in [1.807, 2.05) is 48.5 Å². The first-order valence-electron chi connectivity index (χ1n) is 8.33. The molecule has 0 aromatic heterocycles. The Morgan fingerprint density at radius 1 is 0.923 bits per heavy atom. The zero-order valence-electron chi connectivity index (χ0n) is 14.4. The monoisotopic (exact) mass is 366 g/mol. The van der Waals surface area contributed by atoms with Crippen LogP contribution in [0.3, 0.4) is 0 Å². The molecule has 0 bridgehead atoms. The van der Waals surface area contributed by atoms with Gasteiger partial charge in [-0.1, -0.05) is 60.1 Å². The first-order valence-corrected chi connectivity index (χ1v) is 8.71. The van der Waals surface area contributed by atoms with Crippen LogP contribution in [-0.4, -0.2) is 11.1 Å². The molecule has 1 unspecified atom stereocenters. The molecule has 0 aliphatic heterocycles. The van der Waals surface area contributed by atoms with Crippen LogP contribution in [0.5, 0.6) is 0 Å². The molecule has 0 heterocycles. The number of carbonyl (C=O) groups excluding carboxylic acids is 1. The van der Waals surface area contributed by atoms with E-state index in [-0.39, 0.29) is 12.6 Å². The molecule has 0 radical (unpaired) electrons. The van der Waals surface area contributed by atoms with Crippen molar-refractivity contribution in [2.45, 2.75) is 19.6 Å². The number of halogens is 1. The number of rotatable bonds is 5. The van der Waals surface area contributed by atoms with Gasteiger partial charge in [0.25, 0.3) is 0 Å². The van der Waals surface area contributed by atoms with Gasteiger partial charge < -0.3 is 9.84 Å². The lowest BCUT2D eigenvalue weighted by Crippen LogP contribution is -2.05. The van der Waals surface area contributed by atoms with E-state index in [2.05, 4.69) is 0 Å². The number of carbonyl (C=O) groups is 1. The Morgan fingerprint density at radius 2 is 1.46 bits per heavy atom. The third-order valence-electron chi connectivity index (χ3n) is 4.13. The fourth-order valence-electron chi connectivity index (χ4n) is 2.57. The van der Waals surface area contributed by atoms with Gasteiger partial charge in [-0.25, -0.2) is 4.79 Å². The second kappa shape index (κ2) is 8.17. The Labute approximate surface area is 157 Å². The third-order valence-corrected chi connectivity index (χ3v) is 4.38. The van der Waals surface area contributed by atoms with E-state index in [0.29, 0.717) is 10.6 Å². The first-order chi connectivity index (χ1) is 12.5. The summed E-state index contributed by atoms with van der Waals surface area (Å²) in [7, 11) is 0. The summed E-state index contributed by atoms with van der Waals surface area (Å²) in [6.45, 7) is 1.94. The van der Waals surface area contributed by atoms with Gasteiger partial charge in [0, 0.05) is 5.02 Å². The van der Waals surface area contributed by atoms with Crippen LogP contribution < -0.4 is 0 Å². The average Bonchev–Trinajstić information content (AvgIpc) is 2.67. The van der Waals surface area contributed by atoms with E-state index in [1.165, 1.54) is 0 Å². The molecule has 3 nitrogen and oxygen atoms in total. The van der Waals surface area contributed by atoms with Crippen molar-refractivity contribution in [3.63, 3.8) is 0 Å². The normalized spacial score (nSPS) is 11.8. The predicted molar refractivity (Wildman–Crippen MR) is 103 cm³/mol. The fraction of sp³-hybridized carbons (Fsp3) is 0.136. The van der Waals surface area contributed by atoms with Crippen molar-refractivity contribution in [2.75, 3.05) is 0 Å². The minimum atomic E-state index is -0.484. The highest BCUT2D eigenvalue weighted by atomic mass is 35.5. The van der Waals surface area contributed by atoms with Crippen molar-refractivity contribution >= 4 is 17.6 Å². The van der Waals surface area contributed by atoms with E-state index in [1.54, 1.807) is 31.2 Å². The van der Waals surface area contributed by atoms with E-state index in [0.717, 1.165) is 22.3 Å². The number of ether oxygens (including phenoxy) is 1. The maximum Gasteiger partial charge on any atom is 0.338 e. The summed E-state index contributed by atoms with van der Waals surface area (Å²) in [5.41, 5.74) is 4.28. The van der Waals surface area contributed by atoms with Crippen LogP contribution >= 0.6 is 11.6 Å². The number of aliphatic hydroxyl groups is 1. The van der Waals surface area contributed by atoms with E-state index in [9.17, 15) is 9.90 Å². The van der Waals surface area contributed by atoms with Gasteiger partial charge in [-0.2, -0.15) is 0 Å². The second-order valence-electron chi connectivity index (χ2n) is 6.08. The lowest BCUT2D eigenvalue weighted by atomic mass is 10.0. The minimum Gasteiger partial charge on any atom is -0.457 e. The van der Waals surface area contributed by atoms with E-state index >= 15 is 0 Å². The van der Waals surface area contributed by atoms with E-state index in [4.69, 9.17) is 16.3 Å². The molecule has 3 rings (SSSR count). The molecule has 0 spiro atoms. The Bertz CT molecular complexity index is 867. The Hall–Kier alpha value is -2.62. The predicted octanol–water partition coefficient (Wildman–Crippen LogP) is 5.42. The number of hydrogen-bond donors (Lipinski definition) is 1. The molecule has 3 aromatic carbocycles. The standard InChI is InChI=1S/C22H19ClO3/c1-15(24)17-4-6-18(7-5-17)19-8-10-20(11-9-19)22(25)26-14-16-2-12-21(23)13-3-16/h2-13,15,24H,14H2,1H3. The van der Waals surface area contributed by atoms with Gasteiger partial charge in [-0.05, 0) is 53.4 Å². The molecule has 0 aliphatic carbocycles. The zero-order chi connectivity index (χ0) is 18.5. The molecule has 0 fully saturated rings. The van der Waals surface area contributed by atoms with Crippen molar-refractivity contribution in [3.8, 4) is 11.1 Å². The molecule has 0 saturated carbocycles. The molecule has 0 saturated heterocycles. The minimum absolute atomic E-state index is 0.207. The zero-order valence-corrected chi connectivity index (χ0v) is 15.1. The lowest BCUT2D eigenvalue weighted by Gasteiger charge is -2.08. The van der Waals surface area contributed by atoms with Crippen molar-refractivity contribution in [1.82, 2.24) is 0 Å². The van der Waals surface area contributed by atoms with Crippen LogP contribution in [0.2, 0.25) is 5.02 Å². The van der Waals surface area contributed by atoms with Gasteiger partial charge in [0.2, 0.25) is 0 Å². The number of aliphatic hydroxyl groups excluding tert-OH is 1. The van der Waals surface area contributed by atoms with Gasteiger partial charge in [0.1, 0.15) is 6.61 Å². The van der Waals surface area contributed by atoms with Gasteiger partial charge in [-0.3, -0.25) is 0 Å². The molecule has 132 valence electrons. The summed E-state index contributed by atoms with van der Waals surface area (Å²) < 4.78 is 5.33. The summed E-state index contributed by atoms with van der Waals surface area (Å²) >= 11 is 5.84. The number of esters is 1. The molecule has 4 heteroatoms. The van der Waals surface area contributed by atoms with Crippen LogP contribution in [0.25, 0.3) is 11.1 Å². The summed E-state index contributed by atoms with van der Waals surface area (Å²) in [4.78, 5) is 12.2. The van der Waals surface area contributed by atoms with Crippen molar-refractivity contribution in [2.24, 2.45) is 0 Å². The smallest absolute Gasteiger partial charge is 0.338 e. The maximum absolute atomic E-state index is 12.2. The summed E-state index contributed by atoms with van der Waals surface area (Å²) in [5.74, 6) is -0.365. The van der Waals surface area contributed by atoms with Crippen LogP contribution in [0.1, 0.15) is 34.5 Å². The molecule has 3 aromatic rings. The fourth-order valence-corrected chi connectivity index (χ4v) is 2.69. The first kappa shape index (κ1) is 18.2. The highest BCUT2D eigenvalue weighted by Gasteiger charge is 2.08. The highest BCUT2D eigenvalue weighted by molar-refractivity contribution is 6.30. The molecule has 0 aliphatic rings. The largest absolute Gasteiger partial charge is 0.457 e. The van der Waals surface area contributed by atoms with Crippen molar-refractivity contribution < 1.29 is 14.6 Å². The summed E-state index contributed by atoms with van der Waals surface area (Å²) in [6.07, 6.45) is -0.484. The summed E-state index contributed by atoms with van der Waals surface area (Å²) in [6, 6.07) is 22.2. The van der Waals surface area contributed by atoms with Crippen LogP contribution in [0, 0.1) is 0 Å². The van der Waals surface area contributed by atoms with Crippen molar-refractivity contribution in [1.29, 1.82) is 0 Å². The van der Waals surface area contributed by atoms with Gasteiger partial charge in [0.15, 0.2) is 0 Å². The van der Waals surface area contributed by atoms with Crippen molar-refractivity contribution in [3.05, 3.63) is 94.5 Å². The molecule has 1 atom stereocenters. The Kier molecular flexibility index (Phi) is 5.71. The molecule has 0 amide bonds. The van der Waals surface area contributed by atoms with Crippen LogP contribution in [-0.2, 0) is 11.3 Å². The number of benzene rings is 3. The third kappa shape index (κ3) is 4.51. The molecule has 1 N–H and O–H groups in total. The quantitative estimate of drug-likeness (QED) is 0.613. The SMILES string of the molecule is CC(O)c1ccc(-c2ccc(C(=O)OCc3ccc(Cl)cc3)cc2)cc1. The topological polar surface area (TPSA) is 46.5 Å². The molecular formula is C22H19ClO3. The molecule has 26 heavy (non-hydrogen) atoms. The van der Waals surface area contributed by atoms with Crippen LogP contribution in [0.4, 0.5) is 0 Å². The Morgan fingerprint density at radius 3 is 2.00 bits per heavy atom. The Balaban J connectivity index is 1.64. The lowest BCUT2D eigenvalue weighted by molar-refractivity contribution is 0.0472. The number of hydrogen-bond acceptors (Lipinski definition) is 3. The second-order valence-corrected chi connectivity index (χ2v) is 6.51. The highest BCUT2D eigenvalue weighted by Crippen LogP contribution is 2.23. The average molecular weight is 367 g/mol. The molecular weight excluding hydrogens is 348 g/mol. The van der Waals surface area contributed by atoms with Gasteiger partial charge in [-0.15, -0.1) is 0 Å².